The van der Waals surface area contributed by atoms with Crippen molar-refractivity contribution >= 4 is 40.9 Å². The summed E-state index contributed by atoms with van der Waals surface area (Å²) in [6.07, 6.45) is 5.82. The van der Waals surface area contributed by atoms with E-state index in [-0.39, 0.29) is 0 Å². The van der Waals surface area contributed by atoms with Crippen LogP contribution in [0.15, 0.2) is 34.7 Å². The maximum absolute atomic E-state index is 5.36. The van der Waals surface area contributed by atoms with Gasteiger partial charge < -0.3 is 15.5 Å². The molecule has 0 saturated carbocycles. The summed E-state index contributed by atoms with van der Waals surface area (Å²) in [6, 6.07) is 3.79. The van der Waals surface area contributed by atoms with Crippen molar-refractivity contribution < 1.29 is 0 Å². The Morgan fingerprint density at radius 3 is 2.65 bits per heavy atom. The van der Waals surface area contributed by atoms with Crippen LogP contribution in [0.25, 0.3) is 0 Å². The summed E-state index contributed by atoms with van der Waals surface area (Å²) in [4.78, 5) is 20.0. The lowest BCUT2D eigenvalue weighted by Gasteiger charge is -2.18. The van der Waals surface area contributed by atoms with Crippen LogP contribution < -0.4 is 15.5 Å². The van der Waals surface area contributed by atoms with E-state index in [1.165, 1.54) is 24.6 Å². The fraction of sp³-hybridized carbons (Fsp3) is 0.471. The highest BCUT2D eigenvalue weighted by molar-refractivity contribution is 7.99. The van der Waals surface area contributed by atoms with Crippen LogP contribution in [0.1, 0.15) is 26.7 Å². The number of thiocarbonyl (C=S) groups is 1. The standard InChI is InChI=1S/C17H23N7S2/c1-12(2)11-20-16(25)23-15-21-13(24-8-3-4-9-24)10-14(22-15)26-17-18-6-5-7-19-17/h5-7,10,12H,3-4,8-9,11H2,1-2H3,(H2,20,21,22,23,25). The van der Waals surface area contributed by atoms with E-state index in [1.807, 2.05) is 6.07 Å². The average molecular weight is 390 g/mol. The van der Waals surface area contributed by atoms with E-state index < -0.39 is 0 Å². The van der Waals surface area contributed by atoms with Gasteiger partial charge in [0.05, 0.1) is 0 Å². The van der Waals surface area contributed by atoms with Crippen molar-refractivity contribution in [1.29, 1.82) is 0 Å². The first-order valence-electron chi connectivity index (χ1n) is 8.74. The molecule has 26 heavy (non-hydrogen) atoms. The molecular weight excluding hydrogens is 366 g/mol. The fourth-order valence-electron chi connectivity index (χ4n) is 2.50. The van der Waals surface area contributed by atoms with Crippen molar-refractivity contribution in [3.05, 3.63) is 24.5 Å². The lowest BCUT2D eigenvalue weighted by atomic mass is 10.2. The largest absolute Gasteiger partial charge is 0.362 e. The van der Waals surface area contributed by atoms with Gasteiger partial charge in [-0.05, 0) is 48.8 Å². The minimum Gasteiger partial charge on any atom is -0.362 e. The van der Waals surface area contributed by atoms with Gasteiger partial charge in [-0.3, -0.25) is 0 Å². The first-order valence-corrected chi connectivity index (χ1v) is 9.96. The zero-order valence-electron chi connectivity index (χ0n) is 15.0. The smallest absolute Gasteiger partial charge is 0.232 e. The highest BCUT2D eigenvalue weighted by atomic mass is 32.2. The normalized spacial score (nSPS) is 13.9. The molecule has 138 valence electrons. The van der Waals surface area contributed by atoms with E-state index >= 15 is 0 Å². The van der Waals surface area contributed by atoms with Crippen LogP contribution in [0.4, 0.5) is 11.8 Å². The van der Waals surface area contributed by atoms with Gasteiger partial charge in [0.25, 0.3) is 0 Å². The van der Waals surface area contributed by atoms with Crippen molar-refractivity contribution in [2.75, 3.05) is 29.9 Å². The number of nitrogens with one attached hydrogen (secondary N) is 2. The molecule has 0 radical (unpaired) electrons. The minimum absolute atomic E-state index is 0.495. The number of anilines is 2. The van der Waals surface area contributed by atoms with Crippen LogP contribution in [0.2, 0.25) is 0 Å². The first-order chi connectivity index (χ1) is 12.6. The Labute approximate surface area is 163 Å². The molecule has 7 nitrogen and oxygen atoms in total. The summed E-state index contributed by atoms with van der Waals surface area (Å²) in [7, 11) is 0. The van der Waals surface area contributed by atoms with Gasteiger partial charge in [0.1, 0.15) is 10.8 Å². The van der Waals surface area contributed by atoms with Gasteiger partial charge in [-0.25, -0.2) is 15.0 Å². The first kappa shape index (κ1) is 18.8. The van der Waals surface area contributed by atoms with Crippen LogP contribution in [0.3, 0.4) is 0 Å². The number of nitrogens with zero attached hydrogens (tertiary/aromatic N) is 5. The molecule has 0 unspecified atom stereocenters. The number of hydrogen-bond donors (Lipinski definition) is 2. The van der Waals surface area contributed by atoms with Crippen LogP contribution in [-0.4, -0.2) is 44.7 Å². The van der Waals surface area contributed by atoms with Gasteiger partial charge in [0.2, 0.25) is 5.95 Å². The summed E-state index contributed by atoms with van der Waals surface area (Å²) in [5.41, 5.74) is 0. The highest BCUT2D eigenvalue weighted by Crippen LogP contribution is 2.28. The van der Waals surface area contributed by atoms with Crippen molar-refractivity contribution in [2.45, 2.75) is 36.9 Å². The molecule has 2 N–H and O–H groups in total. The summed E-state index contributed by atoms with van der Waals surface area (Å²) >= 11 is 6.77. The maximum Gasteiger partial charge on any atom is 0.232 e. The van der Waals surface area contributed by atoms with E-state index in [0.29, 0.717) is 22.1 Å². The Morgan fingerprint density at radius 1 is 1.23 bits per heavy atom. The second-order valence-electron chi connectivity index (χ2n) is 6.44. The summed E-state index contributed by atoms with van der Waals surface area (Å²) in [6.45, 7) is 7.09. The monoisotopic (exact) mass is 389 g/mol. The Hall–Kier alpha value is -2.00. The molecule has 0 amide bonds. The van der Waals surface area contributed by atoms with Crippen molar-refractivity contribution in [2.24, 2.45) is 5.92 Å². The number of aromatic nitrogens is 4. The zero-order valence-corrected chi connectivity index (χ0v) is 16.6. The molecule has 2 aromatic heterocycles. The van der Waals surface area contributed by atoms with E-state index in [0.717, 1.165) is 30.5 Å². The second-order valence-corrected chi connectivity index (χ2v) is 7.84. The lowest BCUT2D eigenvalue weighted by Crippen LogP contribution is -2.32. The molecule has 3 rings (SSSR count). The summed E-state index contributed by atoms with van der Waals surface area (Å²) < 4.78 is 0. The van der Waals surface area contributed by atoms with E-state index in [1.54, 1.807) is 18.5 Å². The summed E-state index contributed by atoms with van der Waals surface area (Å²) in [5.74, 6) is 1.91. The van der Waals surface area contributed by atoms with Gasteiger partial charge in [0, 0.05) is 38.1 Å². The molecule has 3 heterocycles. The molecule has 0 atom stereocenters. The number of rotatable bonds is 6. The molecular formula is C17H23N7S2. The Balaban J connectivity index is 1.79. The molecule has 1 aliphatic rings. The quantitative estimate of drug-likeness (QED) is 0.440. The van der Waals surface area contributed by atoms with Crippen molar-refractivity contribution in [3.8, 4) is 0 Å². The minimum atomic E-state index is 0.495. The molecule has 9 heteroatoms. The predicted molar refractivity (Wildman–Crippen MR) is 109 cm³/mol. The van der Waals surface area contributed by atoms with Gasteiger partial charge >= 0.3 is 0 Å². The van der Waals surface area contributed by atoms with Gasteiger partial charge in [0.15, 0.2) is 10.3 Å². The Kier molecular flexibility index (Phi) is 6.56. The predicted octanol–water partition coefficient (Wildman–Crippen LogP) is 2.96. The van der Waals surface area contributed by atoms with Crippen molar-refractivity contribution in [3.63, 3.8) is 0 Å². The second kappa shape index (κ2) is 9.09. The SMILES string of the molecule is CC(C)CNC(=S)Nc1nc(Sc2ncccn2)cc(N2CCCC2)n1. The molecule has 0 spiro atoms. The molecule has 0 bridgehead atoms. The zero-order chi connectivity index (χ0) is 18.4. The van der Waals surface area contributed by atoms with E-state index in [2.05, 4.69) is 49.3 Å². The Bertz CT molecular complexity index is 733. The van der Waals surface area contributed by atoms with Gasteiger partial charge in [-0.2, -0.15) is 4.98 Å². The topological polar surface area (TPSA) is 78.9 Å². The third-order valence-corrected chi connectivity index (χ3v) is 4.81. The van der Waals surface area contributed by atoms with E-state index in [9.17, 15) is 0 Å². The van der Waals surface area contributed by atoms with Crippen molar-refractivity contribution in [1.82, 2.24) is 25.3 Å². The Morgan fingerprint density at radius 2 is 1.96 bits per heavy atom. The third kappa shape index (κ3) is 5.50. The van der Waals surface area contributed by atoms with Crippen LogP contribution in [0.5, 0.6) is 0 Å². The molecule has 1 saturated heterocycles. The van der Waals surface area contributed by atoms with Gasteiger partial charge in [-0.15, -0.1) is 0 Å². The summed E-state index contributed by atoms with van der Waals surface area (Å²) in [5, 5.41) is 8.27. The van der Waals surface area contributed by atoms with E-state index in [4.69, 9.17) is 12.2 Å². The maximum atomic E-state index is 5.36. The molecule has 0 aliphatic carbocycles. The molecule has 2 aromatic rings. The number of hydrogen-bond acceptors (Lipinski definition) is 7. The van der Waals surface area contributed by atoms with Crippen LogP contribution >= 0.6 is 24.0 Å². The average Bonchev–Trinajstić information content (AvgIpc) is 3.15. The highest BCUT2D eigenvalue weighted by Gasteiger charge is 2.17. The molecule has 0 aromatic carbocycles. The fourth-order valence-corrected chi connectivity index (χ4v) is 3.39. The molecule has 1 aliphatic heterocycles. The lowest BCUT2D eigenvalue weighted by molar-refractivity contribution is 0.627. The van der Waals surface area contributed by atoms with Gasteiger partial charge in [-0.1, -0.05) is 13.8 Å². The molecule has 1 fully saturated rings. The van der Waals surface area contributed by atoms with Crippen LogP contribution in [-0.2, 0) is 0 Å². The third-order valence-electron chi connectivity index (χ3n) is 3.75. The van der Waals surface area contributed by atoms with Crippen LogP contribution in [0, 0.1) is 5.92 Å².